The minimum Gasteiger partial charge on any atom is -0.329 e. The second-order valence-corrected chi connectivity index (χ2v) is 6.93. The number of nitrogens with zero attached hydrogens (tertiary/aromatic N) is 3. The summed E-state index contributed by atoms with van der Waals surface area (Å²) in [5.74, 6) is -3.15. The molecule has 0 aliphatic carbocycles. The van der Waals surface area contributed by atoms with Crippen LogP contribution in [0.15, 0.2) is 39.4 Å². The number of carbonyl (C=O) groups excluding carboxylic acids is 2. The molecule has 0 saturated heterocycles. The maximum Gasteiger partial charge on any atom is 0.471 e. The fourth-order valence-electron chi connectivity index (χ4n) is 2.22. The van der Waals surface area contributed by atoms with Gasteiger partial charge in [-0.05, 0) is 18.1 Å². The van der Waals surface area contributed by atoms with Gasteiger partial charge in [-0.15, -0.1) is 0 Å². The zero-order valence-electron chi connectivity index (χ0n) is 15.6. The molecule has 1 amide bonds. The highest BCUT2D eigenvalue weighted by Gasteiger charge is 2.38. The zero-order valence-corrected chi connectivity index (χ0v) is 17.1. The predicted octanol–water partition coefficient (Wildman–Crippen LogP) is 4.70. The van der Waals surface area contributed by atoms with Crippen molar-refractivity contribution < 1.29 is 32.1 Å². The minimum absolute atomic E-state index is 0.0586. The number of hydroxylamine groups is 2. The number of alkyl halides is 3. The average molecular weight is 466 g/mol. The first-order valence-corrected chi connectivity index (χ1v) is 9.36. The quantitative estimate of drug-likeness (QED) is 0.393. The van der Waals surface area contributed by atoms with E-state index >= 15 is 0 Å². The fourth-order valence-corrected chi connectivity index (χ4v) is 2.35. The highest BCUT2D eigenvalue weighted by molar-refractivity contribution is 6.55. The smallest absolute Gasteiger partial charge is 0.329 e. The summed E-state index contributed by atoms with van der Waals surface area (Å²) in [6.07, 6.45) is -2.89. The molecule has 12 heteroatoms. The van der Waals surface area contributed by atoms with E-state index in [0.717, 1.165) is 5.06 Å². The Morgan fingerprint density at radius 3 is 2.43 bits per heavy atom. The third kappa shape index (κ3) is 6.82. The van der Waals surface area contributed by atoms with E-state index < -0.39 is 23.8 Å². The summed E-state index contributed by atoms with van der Waals surface area (Å²) < 4.78 is 41.9. The third-order valence-corrected chi connectivity index (χ3v) is 3.93. The van der Waals surface area contributed by atoms with Gasteiger partial charge in [0.15, 0.2) is 0 Å². The minimum atomic E-state index is -4.74. The second kappa shape index (κ2) is 10.6. The lowest BCUT2D eigenvalue weighted by atomic mass is 10.1. The van der Waals surface area contributed by atoms with Crippen LogP contribution in [0.3, 0.4) is 0 Å². The van der Waals surface area contributed by atoms with Gasteiger partial charge in [-0.25, -0.2) is 5.06 Å². The molecule has 162 valence electrons. The Morgan fingerprint density at radius 1 is 1.23 bits per heavy atom. The number of amides is 1. The number of hydrogen-bond acceptors (Lipinski definition) is 6. The molecule has 30 heavy (non-hydrogen) atoms. The summed E-state index contributed by atoms with van der Waals surface area (Å²) >= 11 is 11.0. The van der Waals surface area contributed by atoms with Gasteiger partial charge in [0, 0.05) is 12.0 Å². The van der Waals surface area contributed by atoms with Crippen LogP contribution >= 0.6 is 23.2 Å². The molecule has 0 aliphatic rings. The van der Waals surface area contributed by atoms with E-state index in [-0.39, 0.29) is 35.5 Å². The molecule has 0 radical (unpaired) electrons. The number of hydrogen-bond donors (Lipinski definition) is 0. The van der Waals surface area contributed by atoms with Gasteiger partial charge in [-0.1, -0.05) is 59.5 Å². The largest absolute Gasteiger partial charge is 0.471 e. The van der Waals surface area contributed by atoms with Gasteiger partial charge in [-0.2, -0.15) is 18.2 Å². The fraction of sp³-hybridized carbons (Fsp3) is 0.333. The Balaban J connectivity index is 2.14. The Hall–Kier alpha value is -2.43. The lowest BCUT2D eigenvalue weighted by Gasteiger charge is -2.20. The topological polar surface area (TPSA) is 85.5 Å². The molecule has 0 bridgehead atoms. The number of aromatic nitrogens is 2. The molecule has 0 fully saturated rings. The van der Waals surface area contributed by atoms with Crippen molar-refractivity contribution in [3.05, 3.63) is 46.3 Å². The Kier molecular flexibility index (Phi) is 8.39. The molecule has 1 heterocycles. The molecular formula is C18H16Cl2F3N3O4. The van der Waals surface area contributed by atoms with Crippen LogP contribution in [0.2, 0.25) is 0 Å². The van der Waals surface area contributed by atoms with E-state index in [2.05, 4.69) is 14.7 Å². The van der Waals surface area contributed by atoms with Crippen LogP contribution in [-0.2, 0) is 27.1 Å². The molecule has 7 nitrogen and oxygen atoms in total. The Bertz CT molecular complexity index is 910. The summed E-state index contributed by atoms with van der Waals surface area (Å²) in [5.41, 5.74) is 0.813. The SMILES string of the molecule is CCCC(=O)C(=O)N(Cc1ccc(-c2noc(C(F)(F)F)n2)cc1)OCC=C(Cl)Cl. The van der Waals surface area contributed by atoms with Crippen LogP contribution in [0.25, 0.3) is 11.4 Å². The number of ketones is 1. The van der Waals surface area contributed by atoms with E-state index in [0.29, 0.717) is 12.0 Å². The first-order chi connectivity index (χ1) is 14.1. The normalized spacial score (nSPS) is 11.3. The van der Waals surface area contributed by atoms with Gasteiger partial charge < -0.3 is 4.52 Å². The maximum atomic E-state index is 12.6. The summed E-state index contributed by atoms with van der Waals surface area (Å²) in [6.45, 7) is 1.52. The van der Waals surface area contributed by atoms with Crippen molar-refractivity contribution in [1.29, 1.82) is 0 Å². The zero-order chi connectivity index (χ0) is 22.3. The highest BCUT2D eigenvalue weighted by atomic mass is 35.5. The lowest BCUT2D eigenvalue weighted by molar-refractivity contribution is -0.187. The van der Waals surface area contributed by atoms with E-state index in [4.69, 9.17) is 28.0 Å². The molecule has 0 N–H and O–H groups in total. The number of halogens is 5. The van der Waals surface area contributed by atoms with E-state index in [1.807, 2.05) is 0 Å². The summed E-state index contributed by atoms with van der Waals surface area (Å²) in [7, 11) is 0. The van der Waals surface area contributed by atoms with Gasteiger partial charge in [0.05, 0.1) is 13.2 Å². The number of Topliss-reactive ketones (excluding diaryl/α,β-unsaturated/α-hetero) is 1. The van der Waals surface area contributed by atoms with E-state index in [9.17, 15) is 22.8 Å². The van der Waals surface area contributed by atoms with Crippen molar-refractivity contribution in [3.63, 3.8) is 0 Å². The van der Waals surface area contributed by atoms with Gasteiger partial charge in [0.2, 0.25) is 11.6 Å². The Labute approximate surface area is 179 Å². The standard InChI is InChI=1S/C18H16Cl2F3N3O4/c1-2-3-13(27)16(28)26(29-9-8-14(19)20)10-11-4-6-12(7-5-11)15-24-17(30-25-15)18(21,22)23/h4-8H,2-3,9-10H2,1H3. The van der Waals surface area contributed by atoms with Crippen molar-refractivity contribution in [3.8, 4) is 11.4 Å². The molecule has 0 atom stereocenters. The lowest BCUT2D eigenvalue weighted by Crippen LogP contribution is -2.36. The van der Waals surface area contributed by atoms with Crippen LogP contribution in [-0.4, -0.2) is 33.5 Å². The molecule has 1 aromatic carbocycles. The maximum absolute atomic E-state index is 12.6. The molecule has 1 aromatic heterocycles. The van der Waals surface area contributed by atoms with Crippen molar-refractivity contribution in [2.75, 3.05) is 6.61 Å². The van der Waals surface area contributed by atoms with Crippen molar-refractivity contribution in [1.82, 2.24) is 15.2 Å². The second-order valence-electron chi connectivity index (χ2n) is 5.92. The summed E-state index contributed by atoms with van der Waals surface area (Å²) in [4.78, 5) is 32.9. The molecule has 2 aromatic rings. The van der Waals surface area contributed by atoms with Crippen LogP contribution in [0.1, 0.15) is 31.2 Å². The monoisotopic (exact) mass is 465 g/mol. The number of carbonyl (C=O) groups is 2. The van der Waals surface area contributed by atoms with E-state index in [1.54, 1.807) is 6.92 Å². The number of rotatable bonds is 9. The van der Waals surface area contributed by atoms with Crippen LogP contribution in [0, 0.1) is 0 Å². The molecular weight excluding hydrogens is 450 g/mol. The third-order valence-electron chi connectivity index (χ3n) is 3.62. The molecule has 0 aliphatic heterocycles. The molecule has 0 saturated carbocycles. The molecule has 0 spiro atoms. The molecule has 2 rings (SSSR count). The van der Waals surface area contributed by atoms with Gasteiger partial charge in [0.1, 0.15) is 4.49 Å². The highest BCUT2D eigenvalue weighted by Crippen LogP contribution is 2.29. The van der Waals surface area contributed by atoms with Crippen molar-refractivity contribution in [2.24, 2.45) is 0 Å². The van der Waals surface area contributed by atoms with Crippen LogP contribution < -0.4 is 0 Å². The van der Waals surface area contributed by atoms with Gasteiger partial charge >= 0.3 is 18.0 Å². The Morgan fingerprint density at radius 2 is 1.90 bits per heavy atom. The molecule has 0 unspecified atom stereocenters. The van der Waals surface area contributed by atoms with Crippen LogP contribution in [0.4, 0.5) is 13.2 Å². The van der Waals surface area contributed by atoms with Gasteiger partial charge in [-0.3, -0.25) is 14.4 Å². The van der Waals surface area contributed by atoms with Crippen molar-refractivity contribution in [2.45, 2.75) is 32.5 Å². The van der Waals surface area contributed by atoms with Gasteiger partial charge in [0.25, 0.3) is 0 Å². The number of benzene rings is 1. The van der Waals surface area contributed by atoms with Crippen LogP contribution in [0.5, 0.6) is 0 Å². The first kappa shape index (κ1) is 23.8. The van der Waals surface area contributed by atoms with Crippen molar-refractivity contribution >= 4 is 34.9 Å². The summed E-state index contributed by atoms with van der Waals surface area (Å²) in [5, 5.41) is 4.17. The predicted molar refractivity (Wildman–Crippen MR) is 101 cm³/mol. The summed E-state index contributed by atoms with van der Waals surface area (Å²) in [6, 6.07) is 5.95. The van der Waals surface area contributed by atoms with E-state index in [1.165, 1.54) is 30.3 Å². The first-order valence-electron chi connectivity index (χ1n) is 8.60. The average Bonchev–Trinajstić information content (AvgIpc) is 3.18.